The van der Waals surface area contributed by atoms with Crippen LogP contribution in [0.3, 0.4) is 0 Å². The highest BCUT2D eigenvalue weighted by Crippen LogP contribution is 2.29. The van der Waals surface area contributed by atoms with Crippen LogP contribution in [-0.2, 0) is 26.1 Å². The number of fused-ring (bicyclic) bond motifs is 1. The van der Waals surface area contributed by atoms with Crippen LogP contribution in [-0.4, -0.2) is 27.8 Å². The molecule has 1 aliphatic heterocycles. The Balaban J connectivity index is 1.39. The summed E-state index contributed by atoms with van der Waals surface area (Å²) < 4.78 is 15.7. The summed E-state index contributed by atoms with van der Waals surface area (Å²) in [4.78, 5) is 2.40. The van der Waals surface area contributed by atoms with E-state index < -0.39 is 0 Å². The highest BCUT2D eigenvalue weighted by molar-refractivity contribution is 5.39. The molecule has 0 unspecified atom stereocenters. The predicted molar refractivity (Wildman–Crippen MR) is 112 cm³/mol. The number of aromatic nitrogens is 2. The van der Waals surface area contributed by atoms with E-state index in [-0.39, 0.29) is 5.82 Å². The Bertz CT molecular complexity index is 978. The molecular formula is C24H27FN4. The van der Waals surface area contributed by atoms with Crippen LogP contribution in [0.4, 0.5) is 4.39 Å². The zero-order chi connectivity index (χ0) is 19.6. The molecule has 0 spiro atoms. The zero-order valence-electron chi connectivity index (χ0n) is 16.6. The molecule has 0 bridgehead atoms. The van der Waals surface area contributed by atoms with Gasteiger partial charge in [-0.25, -0.2) is 9.07 Å². The summed E-state index contributed by atoms with van der Waals surface area (Å²) in [6, 6.07) is 17.3. The minimum Gasteiger partial charge on any atom is -0.311 e. The molecule has 1 fully saturated rings. The van der Waals surface area contributed by atoms with Crippen LogP contribution in [0.25, 0.3) is 5.69 Å². The molecule has 1 saturated carbocycles. The van der Waals surface area contributed by atoms with Crippen molar-refractivity contribution in [1.29, 1.82) is 0 Å². The van der Waals surface area contributed by atoms with E-state index in [0.29, 0.717) is 0 Å². The second kappa shape index (κ2) is 8.09. The van der Waals surface area contributed by atoms with Gasteiger partial charge in [0.25, 0.3) is 0 Å². The van der Waals surface area contributed by atoms with Crippen molar-refractivity contribution >= 4 is 0 Å². The van der Waals surface area contributed by atoms with Gasteiger partial charge in [-0.2, -0.15) is 5.10 Å². The van der Waals surface area contributed by atoms with E-state index in [4.69, 9.17) is 5.10 Å². The molecule has 5 heteroatoms. The fourth-order valence-corrected chi connectivity index (χ4v) is 4.21. The molecular weight excluding hydrogens is 363 g/mol. The number of halogens is 1. The van der Waals surface area contributed by atoms with E-state index in [0.717, 1.165) is 62.0 Å². The Morgan fingerprint density at radius 3 is 2.72 bits per heavy atom. The van der Waals surface area contributed by atoms with Crippen LogP contribution >= 0.6 is 0 Å². The molecule has 0 atom stereocenters. The lowest BCUT2D eigenvalue weighted by molar-refractivity contribution is 0.242. The van der Waals surface area contributed by atoms with E-state index in [9.17, 15) is 4.39 Å². The summed E-state index contributed by atoms with van der Waals surface area (Å²) in [5.74, 6) is 0.688. The Morgan fingerprint density at radius 1 is 1.07 bits per heavy atom. The molecule has 150 valence electrons. The van der Waals surface area contributed by atoms with Crippen molar-refractivity contribution in [2.75, 3.05) is 13.1 Å². The van der Waals surface area contributed by atoms with Gasteiger partial charge in [0, 0.05) is 38.2 Å². The van der Waals surface area contributed by atoms with Gasteiger partial charge in [-0.1, -0.05) is 30.3 Å². The van der Waals surface area contributed by atoms with Crippen LogP contribution in [0.2, 0.25) is 0 Å². The van der Waals surface area contributed by atoms with Gasteiger partial charge in [0.1, 0.15) is 5.82 Å². The van der Waals surface area contributed by atoms with Gasteiger partial charge >= 0.3 is 0 Å². The smallest absolute Gasteiger partial charge is 0.123 e. The van der Waals surface area contributed by atoms with E-state index in [1.54, 1.807) is 12.1 Å². The normalized spacial score (nSPS) is 16.7. The van der Waals surface area contributed by atoms with Gasteiger partial charge in [-0.3, -0.25) is 4.90 Å². The lowest BCUT2D eigenvalue weighted by Crippen LogP contribution is -2.31. The van der Waals surface area contributed by atoms with Gasteiger partial charge in [0.15, 0.2) is 0 Å². The highest BCUT2D eigenvalue weighted by atomic mass is 19.1. The van der Waals surface area contributed by atoms with Gasteiger partial charge in [0.2, 0.25) is 0 Å². The second-order valence-corrected chi connectivity index (χ2v) is 8.28. The summed E-state index contributed by atoms with van der Waals surface area (Å²) in [5, 5.41) is 8.61. The van der Waals surface area contributed by atoms with Crippen molar-refractivity contribution in [3.63, 3.8) is 0 Å². The SMILES string of the molecule is Fc1cccc(CN2CCc3c(c(CNCC4CC4)nn3-c3ccccc3)C2)c1. The number of rotatable bonds is 7. The van der Waals surface area contributed by atoms with Crippen molar-refractivity contribution in [1.82, 2.24) is 20.0 Å². The minimum absolute atomic E-state index is 0.165. The molecule has 2 aliphatic rings. The first kappa shape index (κ1) is 18.5. The molecule has 4 nitrogen and oxygen atoms in total. The standard InChI is InChI=1S/C24H27FN4/c25-20-6-4-5-19(13-20)16-28-12-11-24-22(17-28)23(15-26-14-18-9-10-18)27-29(24)21-7-2-1-3-8-21/h1-8,13,18,26H,9-12,14-17H2. The maximum absolute atomic E-state index is 13.6. The molecule has 1 aliphatic carbocycles. The van der Waals surface area contributed by atoms with Crippen LogP contribution in [0, 0.1) is 11.7 Å². The number of nitrogens with zero attached hydrogens (tertiary/aromatic N) is 3. The Morgan fingerprint density at radius 2 is 1.93 bits per heavy atom. The van der Waals surface area contributed by atoms with E-state index >= 15 is 0 Å². The van der Waals surface area contributed by atoms with E-state index in [1.165, 1.54) is 30.2 Å². The number of hydrogen-bond acceptors (Lipinski definition) is 3. The first-order valence-electron chi connectivity index (χ1n) is 10.6. The fourth-order valence-electron chi connectivity index (χ4n) is 4.21. The van der Waals surface area contributed by atoms with Crippen molar-refractivity contribution < 1.29 is 4.39 Å². The quantitative estimate of drug-likeness (QED) is 0.660. The number of para-hydroxylation sites is 1. The molecule has 1 aromatic heterocycles. The topological polar surface area (TPSA) is 33.1 Å². The maximum Gasteiger partial charge on any atom is 0.123 e. The van der Waals surface area contributed by atoms with Gasteiger partial charge < -0.3 is 5.32 Å². The third kappa shape index (κ3) is 4.26. The van der Waals surface area contributed by atoms with Gasteiger partial charge in [-0.15, -0.1) is 0 Å². The highest BCUT2D eigenvalue weighted by Gasteiger charge is 2.26. The summed E-state index contributed by atoms with van der Waals surface area (Å²) in [6.45, 7) is 4.48. The monoisotopic (exact) mass is 390 g/mol. The summed E-state index contributed by atoms with van der Waals surface area (Å²) >= 11 is 0. The van der Waals surface area contributed by atoms with Crippen molar-refractivity contribution in [2.24, 2.45) is 5.92 Å². The number of nitrogens with one attached hydrogen (secondary N) is 1. The Hall–Kier alpha value is -2.50. The predicted octanol–water partition coefficient (Wildman–Crippen LogP) is 4.07. The first-order valence-corrected chi connectivity index (χ1v) is 10.6. The number of hydrogen-bond donors (Lipinski definition) is 1. The number of benzene rings is 2. The molecule has 29 heavy (non-hydrogen) atoms. The third-order valence-electron chi connectivity index (χ3n) is 5.94. The second-order valence-electron chi connectivity index (χ2n) is 8.28. The Kier molecular flexibility index (Phi) is 5.17. The maximum atomic E-state index is 13.6. The van der Waals surface area contributed by atoms with E-state index in [2.05, 4.69) is 39.2 Å². The molecule has 5 rings (SSSR count). The zero-order valence-corrected chi connectivity index (χ0v) is 16.6. The average Bonchev–Trinajstić information content (AvgIpc) is 3.49. The van der Waals surface area contributed by atoms with Gasteiger partial charge in [0.05, 0.1) is 17.1 Å². The van der Waals surface area contributed by atoms with Crippen molar-refractivity contribution in [2.45, 2.75) is 38.9 Å². The fraction of sp³-hybridized carbons (Fsp3) is 0.375. The summed E-state index contributed by atoms with van der Waals surface area (Å²) in [5.41, 5.74) is 5.94. The molecule has 3 aromatic rings. The lowest BCUT2D eigenvalue weighted by Gasteiger charge is -2.28. The largest absolute Gasteiger partial charge is 0.311 e. The van der Waals surface area contributed by atoms with Crippen molar-refractivity contribution in [3.05, 3.63) is 82.9 Å². The van der Waals surface area contributed by atoms with Crippen LogP contribution in [0.1, 0.15) is 35.4 Å². The molecule has 1 N–H and O–H groups in total. The summed E-state index contributed by atoms with van der Waals surface area (Å²) in [6.07, 6.45) is 3.66. The average molecular weight is 391 g/mol. The first-order chi connectivity index (χ1) is 14.3. The summed E-state index contributed by atoms with van der Waals surface area (Å²) in [7, 11) is 0. The van der Waals surface area contributed by atoms with Crippen LogP contribution in [0.15, 0.2) is 54.6 Å². The third-order valence-corrected chi connectivity index (χ3v) is 5.94. The molecule has 0 saturated heterocycles. The minimum atomic E-state index is -0.165. The van der Waals surface area contributed by atoms with Crippen molar-refractivity contribution in [3.8, 4) is 5.69 Å². The molecule has 0 radical (unpaired) electrons. The molecule has 0 amide bonds. The Labute approximate surface area is 171 Å². The molecule has 2 heterocycles. The van der Waals surface area contributed by atoms with Crippen LogP contribution < -0.4 is 5.32 Å². The molecule has 2 aromatic carbocycles. The van der Waals surface area contributed by atoms with Gasteiger partial charge in [-0.05, 0) is 55.1 Å². The lowest BCUT2D eigenvalue weighted by atomic mass is 10.0. The van der Waals surface area contributed by atoms with E-state index in [1.807, 2.05) is 12.1 Å². The van der Waals surface area contributed by atoms with Crippen LogP contribution in [0.5, 0.6) is 0 Å².